The van der Waals surface area contributed by atoms with Gasteiger partial charge in [-0.15, -0.1) is 0 Å². The first-order valence-corrected chi connectivity index (χ1v) is 10.9. The second kappa shape index (κ2) is 7.99. The monoisotopic (exact) mass is 352 g/mol. The molecule has 0 spiro atoms. The largest absolute Gasteiger partial charge is 0.156 e. The van der Waals surface area contributed by atoms with Gasteiger partial charge in [-0.3, -0.25) is 0 Å². The molecule has 0 N–H and O–H groups in total. The van der Waals surface area contributed by atoms with Crippen molar-refractivity contribution in [2.24, 2.45) is 5.41 Å². The number of hydrogen-bond acceptors (Lipinski definition) is 1. The minimum Gasteiger partial charge on any atom is -0.156 e. The van der Waals surface area contributed by atoms with E-state index in [0.717, 1.165) is 5.75 Å². The zero-order valence-corrected chi connectivity index (χ0v) is 16.9. The maximum absolute atomic E-state index is 2.55. The lowest BCUT2D eigenvalue weighted by molar-refractivity contribution is 0.111. The predicted molar refractivity (Wildman–Crippen MR) is 112 cm³/mol. The molecule has 25 heavy (non-hydrogen) atoms. The number of thioether (sulfide) groups is 1. The Morgan fingerprint density at radius 2 is 1.56 bits per heavy atom. The molecule has 1 aliphatic carbocycles. The summed E-state index contributed by atoms with van der Waals surface area (Å²) in [4.78, 5) is 0. The van der Waals surface area contributed by atoms with Gasteiger partial charge in [-0.25, -0.2) is 0 Å². The highest BCUT2D eigenvalue weighted by atomic mass is 32.2. The normalized spacial score (nSPS) is 19.3. The Morgan fingerprint density at radius 1 is 0.920 bits per heavy atom. The third kappa shape index (κ3) is 3.97. The molecule has 0 aliphatic heterocycles. The van der Waals surface area contributed by atoms with E-state index in [1.807, 2.05) is 0 Å². The van der Waals surface area contributed by atoms with Crippen molar-refractivity contribution in [2.75, 3.05) is 5.75 Å². The lowest BCUT2D eigenvalue weighted by atomic mass is 9.57. The average molecular weight is 353 g/mol. The second-order valence-corrected chi connectivity index (χ2v) is 9.22. The van der Waals surface area contributed by atoms with Crippen LogP contribution in [0.2, 0.25) is 0 Å². The van der Waals surface area contributed by atoms with E-state index in [4.69, 9.17) is 0 Å². The van der Waals surface area contributed by atoms with Crippen molar-refractivity contribution in [2.45, 2.75) is 64.0 Å². The molecule has 1 fully saturated rings. The standard InChI is InChI=1S/C24H32S/c1-20-12-8-9-13-21(20)18-25-19-24(3,22-14-6-4-7-15-22)23(2)16-10-5-11-17-23/h4,6-9,12-15H,5,10-11,16-19H2,1-3H3/t24-/m1/s1. The van der Waals surface area contributed by atoms with Crippen molar-refractivity contribution in [3.63, 3.8) is 0 Å². The maximum Gasteiger partial charge on any atom is 0.0187 e. The molecule has 3 rings (SSSR count). The smallest absolute Gasteiger partial charge is 0.0187 e. The van der Waals surface area contributed by atoms with Crippen molar-refractivity contribution < 1.29 is 0 Å². The highest BCUT2D eigenvalue weighted by Gasteiger charge is 2.45. The van der Waals surface area contributed by atoms with Crippen molar-refractivity contribution >= 4 is 11.8 Å². The molecule has 1 aliphatic rings. The molecule has 0 heterocycles. The molecule has 0 saturated heterocycles. The van der Waals surface area contributed by atoms with Gasteiger partial charge in [0.1, 0.15) is 0 Å². The van der Waals surface area contributed by atoms with E-state index >= 15 is 0 Å². The summed E-state index contributed by atoms with van der Waals surface area (Å²) < 4.78 is 0. The Hall–Kier alpha value is -1.21. The van der Waals surface area contributed by atoms with Crippen LogP contribution in [0.1, 0.15) is 62.6 Å². The molecule has 0 aromatic heterocycles. The first kappa shape index (κ1) is 18.6. The minimum atomic E-state index is 0.238. The van der Waals surface area contributed by atoms with Gasteiger partial charge in [-0.05, 0) is 41.9 Å². The van der Waals surface area contributed by atoms with Crippen LogP contribution in [0.5, 0.6) is 0 Å². The van der Waals surface area contributed by atoms with Gasteiger partial charge in [0.25, 0.3) is 0 Å². The first-order chi connectivity index (χ1) is 12.1. The van der Waals surface area contributed by atoms with E-state index in [1.54, 1.807) is 0 Å². The average Bonchev–Trinajstić information content (AvgIpc) is 2.64. The minimum absolute atomic E-state index is 0.238. The number of hydrogen-bond donors (Lipinski definition) is 0. The van der Waals surface area contributed by atoms with Crippen LogP contribution in [0.4, 0.5) is 0 Å². The third-order valence-electron chi connectivity index (χ3n) is 6.61. The van der Waals surface area contributed by atoms with Crippen molar-refractivity contribution in [3.05, 3.63) is 71.3 Å². The van der Waals surface area contributed by atoms with Crippen LogP contribution in [-0.4, -0.2) is 5.75 Å². The summed E-state index contributed by atoms with van der Waals surface area (Å²) in [5.41, 5.74) is 5.07. The third-order valence-corrected chi connectivity index (χ3v) is 7.91. The van der Waals surface area contributed by atoms with Gasteiger partial charge in [0, 0.05) is 16.9 Å². The van der Waals surface area contributed by atoms with Gasteiger partial charge in [-0.1, -0.05) is 87.7 Å². The Kier molecular flexibility index (Phi) is 5.94. The molecule has 0 amide bonds. The van der Waals surface area contributed by atoms with Crippen LogP contribution in [0.3, 0.4) is 0 Å². The van der Waals surface area contributed by atoms with Gasteiger partial charge in [0.05, 0.1) is 0 Å². The topological polar surface area (TPSA) is 0 Å². The van der Waals surface area contributed by atoms with Crippen LogP contribution in [0, 0.1) is 12.3 Å². The fraction of sp³-hybridized carbons (Fsp3) is 0.500. The molecular formula is C24H32S. The molecule has 1 heteroatoms. The van der Waals surface area contributed by atoms with Crippen molar-refractivity contribution in [1.29, 1.82) is 0 Å². The van der Waals surface area contributed by atoms with Crippen LogP contribution >= 0.6 is 11.8 Å². The molecule has 2 aromatic carbocycles. The van der Waals surface area contributed by atoms with Crippen molar-refractivity contribution in [1.82, 2.24) is 0 Å². The van der Waals surface area contributed by atoms with E-state index in [0.29, 0.717) is 5.41 Å². The molecule has 0 radical (unpaired) electrons. The van der Waals surface area contributed by atoms with Gasteiger partial charge in [-0.2, -0.15) is 11.8 Å². The van der Waals surface area contributed by atoms with Crippen LogP contribution in [0.25, 0.3) is 0 Å². The number of rotatable bonds is 6. The van der Waals surface area contributed by atoms with E-state index in [-0.39, 0.29) is 5.41 Å². The lowest BCUT2D eigenvalue weighted by Gasteiger charge is -2.49. The molecular weight excluding hydrogens is 320 g/mol. The fourth-order valence-corrected chi connectivity index (χ4v) is 6.00. The van der Waals surface area contributed by atoms with Gasteiger partial charge in [0.2, 0.25) is 0 Å². The van der Waals surface area contributed by atoms with Gasteiger partial charge >= 0.3 is 0 Å². The molecule has 1 atom stereocenters. The predicted octanol–water partition coefficient (Wildman–Crippen LogP) is 7.16. The molecule has 1 saturated carbocycles. The van der Waals surface area contributed by atoms with Gasteiger partial charge < -0.3 is 0 Å². The fourth-order valence-electron chi connectivity index (χ4n) is 4.43. The van der Waals surface area contributed by atoms with E-state index in [1.165, 1.54) is 54.5 Å². The summed E-state index contributed by atoms with van der Waals surface area (Å²) in [7, 11) is 0. The number of benzene rings is 2. The highest BCUT2D eigenvalue weighted by molar-refractivity contribution is 7.98. The molecule has 0 bridgehead atoms. The zero-order chi connectivity index (χ0) is 17.8. The van der Waals surface area contributed by atoms with Crippen LogP contribution in [-0.2, 0) is 11.2 Å². The summed E-state index contributed by atoms with van der Waals surface area (Å²) in [5, 5.41) is 0. The summed E-state index contributed by atoms with van der Waals surface area (Å²) in [6, 6.07) is 20.1. The molecule has 2 aromatic rings. The van der Waals surface area contributed by atoms with E-state index < -0.39 is 0 Å². The summed E-state index contributed by atoms with van der Waals surface area (Å²) in [6.45, 7) is 7.31. The molecule has 0 nitrogen and oxygen atoms in total. The second-order valence-electron chi connectivity index (χ2n) is 8.24. The van der Waals surface area contributed by atoms with E-state index in [9.17, 15) is 0 Å². The van der Waals surface area contributed by atoms with Crippen LogP contribution < -0.4 is 0 Å². The lowest BCUT2D eigenvalue weighted by Crippen LogP contribution is -2.45. The SMILES string of the molecule is Cc1ccccc1CSC[C@](C)(c1ccccc1)C1(C)CCCCC1. The summed E-state index contributed by atoms with van der Waals surface area (Å²) in [6.07, 6.45) is 6.92. The van der Waals surface area contributed by atoms with Crippen molar-refractivity contribution in [3.8, 4) is 0 Å². The maximum atomic E-state index is 2.55. The number of aryl methyl sites for hydroxylation is 1. The first-order valence-electron chi connectivity index (χ1n) is 9.73. The molecule has 0 unspecified atom stereocenters. The zero-order valence-electron chi connectivity index (χ0n) is 16.1. The Morgan fingerprint density at radius 3 is 2.24 bits per heavy atom. The Labute approximate surface area is 158 Å². The Balaban J connectivity index is 1.81. The quantitative estimate of drug-likeness (QED) is 0.531. The Bertz CT molecular complexity index is 670. The summed E-state index contributed by atoms with van der Waals surface area (Å²) >= 11 is 2.11. The van der Waals surface area contributed by atoms with Gasteiger partial charge in [0.15, 0.2) is 0 Å². The van der Waals surface area contributed by atoms with E-state index in [2.05, 4.69) is 87.1 Å². The molecule has 134 valence electrons. The summed E-state index contributed by atoms with van der Waals surface area (Å²) in [5.74, 6) is 2.31. The highest BCUT2D eigenvalue weighted by Crippen LogP contribution is 2.52. The van der Waals surface area contributed by atoms with Crippen LogP contribution in [0.15, 0.2) is 54.6 Å².